The molecule has 0 bridgehead atoms. The molecule has 0 radical (unpaired) electrons. The zero-order valence-corrected chi connectivity index (χ0v) is 18.6. The Hall–Kier alpha value is -2.76. The predicted octanol–water partition coefficient (Wildman–Crippen LogP) is 5.66. The molecule has 0 unspecified atom stereocenters. The van der Waals surface area contributed by atoms with Crippen LogP contribution in [0.4, 0.5) is 4.39 Å². The van der Waals surface area contributed by atoms with Gasteiger partial charge in [-0.05, 0) is 54.3 Å². The normalized spacial score (nSPS) is 19.9. The van der Waals surface area contributed by atoms with Crippen LogP contribution >= 0.6 is 12.4 Å². The number of fused-ring (bicyclic) bond motifs is 1. The Morgan fingerprint density at radius 3 is 2.53 bits per heavy atom. The number of piperidine rings is 1. The maximum absolute atomic E-state index is 13.5. The number of likely N-dealkylation sites (tertiary alicyclic amines) is 1. The standard InChI is InChI=1S/C26H26FNO3.ClH/c27-22-8-6-20(7-9-22)24-12-13-28(15-19-4-2-1-3-5-19)16-21(24)17-29-23-10-11-25-26(14-23)31-18-30-25;/h1-11,14,21,24H,12-13,15-18H2;1H/t21-,24-;/m1./s1. The van der Waals surface area contributed by atoms with Gasteiger partial charge in [-0.3, -0.25) is 4.90 Å². The number of halogens is 2. The lowest BCUT2D eigenvalue weighted by molar-refractivity contribution is 0.106. The molecule has 2 atom stereocenters. The minimum absolute atomic E-state index is 0. The van der Waals surface area contributed by atoms with Crippen LogP contribution in [0, 0.1) is 11.7 Å². The van der Waals surface area contributed by atoms with Gasteiger partial charge in [-0.1, -0.05) is 42.5 Å². The fourth-order valence-corrected chi connectivity index (χ4v) is 4.58. The number of benzene rings is 3. The molecule has 2 heterocycles. The lowest BCUT2D eigenvalue weighted by atomic mass is 9.80. The zero-order valence-electron chi connectivity index (χ0n) is 17.8. The molecule has 32 heavy (non-hydrogen) atoms. The van der Waals surface area contributed by atoms with Gasteiger partial charge in [-0.15, -0.1) is 12.4 Å². The maximum atomic E-state index is 13.5. The van der Waals surface area contributed by atoms with E-state index in [9.17, 15) is 4.39 Å². The van der Waals surface area contributed by atoms with Crippen LogP contribution in [0.3, 0.4) is 0 Å². The summed E-state index contributed by atoms with van der Waals surface area (Å²) in [5, 5.41) is 0. The summed E-state index contributed by atoms with van der Waals surface area (Å²) < 4.78 is 30.5. The largest absolute Gasteiger partial charge is 0.493 e. The van der Waals surface area contributed by atoms with Gasteiger partial charge < -0.3 is 14.2 Å². The highest BCUT2D eigenvalue weighted by molar-refractivity contribution is 5.85. The summed E-state index contributed by atoms with van der Waals surface area (Å²) in [6.07, 6.45) is 1.02. The van der Waals surface area contributed by atoms with Gasteiger partial charge in [0.25, 0.3) is 0 Å². The Morgan fingerprint density at radius 1 is 0.938 bits per heavy atom. The number of hydrogen-bond donors (Lipinski definition) is 0. The lowest BCUT2D eigenvalue weighted by Crippen LogP contribution is -2.41. The first-order chi connectivity index (χ1) is 15.2. The van der Waals surface area contributed by atoms with Crippen molar-refractivity contribution in [1.29, 1.82) is 0 Å². The van der Waals surface area contributed by atoms with Gasteiger partial charge in [0.2, 0.25) is 6.79 Å². The van der Waals surface area contributed by atoms with Crippen molar-refractivity contribution in [3.8, 4) is 17.2 Å². The van der Waals surface area contributed by atoms with Crippen molar-refractivity contribution in [2.45, 2.75) is 18.9 Å². The minimum atomic E-state index is -0.196. The molecule has 168 valence electrons. The van der Waals surface area contributed by atoms with Crippen LogP contribution in [0.15, 0.2) is 72.8 Å². The van der Waals surface area contributed by atoms with Gasteiger partial charge in [-0.2, -0.15) is 0 Å². The van der Waals surface area contributed by atoms with Crippen LogP contribution < -0.4 is 14.2 Å². The minimum Gasteiger partial charge on any atom is -0.493 e. The molecule has 0 N–H and O–H groups in total. The average Bonchev–Trinajstić information content (AvgIpc) is 3.27. The molecule has 3 aromatic rings. The van der Waals surface area contributed by atoms with Crippen molar-refractivity contribution in [2.24, 2.45) is 5.92 Å². The Balaban J connectivity index is 0.00000245. The fourth-order valence-electron chi connectivity index (χ4n) is 4.58. The molecule has 2 aliphatic heterocycles. The van der Waals surface area contributed by atoms with Crippen molar-refractivity contribution in [3.05, 3.63) is 89.7 Å². The molecule has 1 fully saturated rings. The topological polar surface area (TPSA) is 30.9 Å². The summed E-state index contributed by atoms with van der Waals surface area (Å²) in [6.45, 7) is 3.71. The number of rotatable bonds is 6. The van der Waals surface area contributed by atoms with Crippen LogP contribution in [0.1, 0.15) is 23.5 Å². The highest BCUT2D eigenvalue weighted by atomic mass is 35.5. The second-order valence-electron chi connectivity index (χ2n) is 8.25. The first-order valence-corrected chi connectivity index (χ1v) is 10.8. The summed E-state index contributed by atoms with van der Waals surface area (Å²) in [5.74, 6) is 2.70. The number of ether oxygens (including phenoxy) is 3. The quantitative estimate of drug-likeness (QED) is 0.480. The van der Waals surface area contributed by atoms with E-state index in [1.54, 1.807) is 12.1 Å². The summed E-state index contributed by atoms with van der Waals surface area (Å²) in [7, 11) is 0. The molecular formula is C26H27ClFNO3. The van der Waals surface area contributed by atoms with Gasteiger partial charge in [0.1, 0.15) is 11.6 Å². The molecule has 0 spiro atoms. The van der Waals surface area contributed by atoms with Crippen LogP contribution in [-0.2, 0) is 6.54 Å². The predicted molar refractivity (Wildman–Crippen MR) is 124 cm³/mol. The molecule has 0 aromatic heterocycles. The van der Waals surface area contributed by atoms with Gasteiger partial charge >= 0.3 is 0 Å². The fraction of sp³-hybridized carbons (Fsp3) is 0.308. The molecule has 0 amide bonds. The van der Waals surface area contributed by atoms with Crippen LogP contribution in [0.2, 0.25) is 0 Å². The van der Waals surface area contributed by atoms with Crippen LogP contribution in [-0.4, -0.2) is 31.4 Å². The van der Waals surface area contributed by atoms with E-state index in [0.29, 0.717) is 18.4 Å². The van der Waals surface area contributed by atoms with E-state index in [1.165, 1.54) is 11.1 Å². The van der Waals surface area contributed by atoms with Crippen LogP contribution in [0.25, 0.3) is 0 Å². The SMILES string of the molecule is Cl.Fc1ccc([C@H]2CCN(Cc3ccccc3)C[C@@H]2COc2ccc3c(c2)OCO3)cc1. The molecule has 2 aliphatic rings. The van der Waals surface area contributed by atoms with Crippen molar-refractivity contribution in [2.75, 3.05) is 26.5 Å². The Bertz CT molecular complexity index is 1020. The number of hydrogen-bond acceptors (Lipinski definition) is 4. The molecule has 0 saturated carbocycles. The van der Waals surface area contributed by atoms with E-state index in [2.05, 4.69) is 29.2 Å². The smallest absolute Gasteiger partial charge is 0.231 e. The van der Waals surface area contributed by atoms with E-state index in [4.69, 9.17) is 14.2 Å². The first kappa shape index (κ1) is 22.4. The molecule has 0 aliphatic carbocycles. The Kier molecular flexibility index (Phi) is 7.18. The van der Waals surface area contributed by atoms with Gasteiger partial charge in [0.05, 0.1) is 6.61 Å². The van der Waals surface area contributed by atoms with Crippen molar-refractivity contribution in [1.82, 2.24) is 4.90 Å². The lowest BCUT2D eigenvalue weighted by Gasteiger charge is -2.39. The molecule has 3 aromatic carbocycles. The zero-order chi connectivity index (χ0) is 21.0. The maximum Gasteiger partial charge on any atom is 0.231 e. The first-order valence-electron chi connectivity index (χ1n) is 10.8. The highest BCUT2D eigenvalue weighted by Gasteiger charge is 2.31. The van der Waals surface area contributed by atoms with E-state index in [0.717, 1.165) is 43.3 Å². The summed E-state index contributed by atoms with van der Waals surface area (Å²) >= 11 is 0. The summed E-state index contributed by atoms with van der Waals surface area (Å²) in [5.41, 5.74) is 2.50. The molecule has 4 nitrogen and oxygen atoms in total. The third-order valence-electron chi connectivity index (χ3n) is 6.17. The van der Waals surface area contributed by atoms with E-state index in [-0.39, 0.29) is 25.0 Å². The van der Waals surface area contributed by atoms with Gasteiger partial charge in [0.15, 0.2) is 11.5 Å². The monoisotopic (exact) mass is 455 g/mol. The third kappa shape index (κ3) is 5.17. The highest BCUT2D eigenvalue weighted by Crippen LogP contribution is 2.37. The van der Waals surface area contributed by atoms with Crippen molar-refractivity contribution < 1.29 is 18.6 Å². The number of nitrogens with zero attached hydrogens (tertiary/aromatic N) is 1. The van der Waals surface area contributed by atoms with E-state index < -0.39 is 0 Å². The van der Waals surface area contributed by atoms with Crippen LogP contribution in [0.5, 0.6) is 17.2 Å². The van der Waals surface area contributed by atoms with Crippen molar-refractivity contribution in [3.63, 3.8) is 0 Å². The molecule has 5 rings (SSSR count). The molecule has 6 heteroatoms. The van der Waals surface area contributed by atoms with E-state index in [1.807, 2.05) is 36.4 Å². The Labute approximate surface area is 194 Å². The second-order valence-corrected chi connectivity index (χ2v) is 8.25. The van der Waals surface area contributed by atoms with Gasteiger partial charge in [-0.25, -0.2) is 4.39 Å². The molecular weight excluding hydrogens is 429 g/mol. The van der Waals surface area contributed by atoms with Crippen molar-refractivity contribution >= 4 is 12.4 Å². The molecule has 1 saturated heterocycles. The van der Waals surface area contributed by atoms with E-state index >= 15 is 0 Å². The second kappa shape index (κ2) is 10.2. The van der Waals surface area contributed by atoms with Gasteiger partial charge in [0, 0.05) is 25.1 Å². The summed E-state index contributed by atoms with van der Waals surface area (Å²) in [4.78, 5) is 2.49. The third-order valence-corrected chi connectivity index (χ3v) is 6.17. The Morgan fingerprint density at radius 2 is 1.72 bits per heavy atom. The summed E-state index contributed by atoms with van der Waals surface area (Å²) in [6, 6.07) is 23.2. The average molecular weight is 456 g/mol.